The Bertz CT molecular complexity index is 1880. The number of pyridine rings is 1. The number of aromatic amines is 1. The summed E-state index contributed by atoms with van der Waals surface area (Å²) in [6, 6.07) is 8.95. The van der Waals surface area contributed by atoms with Crippen LogP contribution in [0.25, 0.3) is 16.7 Å². The molecule has 278 valence electrons. The van der Waals surface area contributed by atoms with Gasteiger partial charge in [-0.05, 0) is 52.7 Å². The molecule has 52 heavy (non-hydrogen) atoms. The van der Waals surface area contributed by atoms with Crippen LogP contribution in [-0.4, -0.2) is 120 Å². The van der Waals surface area contributed by atoms with E-state index in [1.165, 1.54) is 35.4 Å². The first-order valence-electron chi connectivity index (χ1n) is 17.0. The summed E-state index contributed by atoms with van der Waals surface area (Å²) in [5, 5.41) is 7.82. The zero-order chi connectivity index (χ0) is 37.5. The maximum atomic E-state index is 13.6. The van der Waals surface area contributed by atoms with E-state index in [9.17, 15) is 19.2 Å². The minimum absolute atomic E-state index is 0.0269. The number of halogens is 1. The number of nitrogens with one attached hydrogen (secondary N) is 2. The lowest BCUT2D eigenvalue weighted by Gasteiger charge is -2.34. The van der Waals surface area contributed by atoms with Gasteiger partial charge in [-0.2, -0.15) is 0 Å². The Labute approximate surface area is 315 Å². The van der Waals surface area contributed by atoms with Crippen LogP contribution in [0.1, 0.15) is 67.1 Å². The average molecular weight is 829 g/mol. The summed E-state index contributed by atoms with van der Waals surface area (Å²) in [5.41, 5.74) is 0.417. The summed E-state index contributed by atoms with van der Waals surface area (Å²) in [6.07, 6.45) is 5.93. The number of aromatic nitrogens is 5. The van der Waals surface area contributed by atoms with E-state index in [0.717, 1.165) is 10.8 Å². The van der Waals surface area contributed by atoms with Crippen LogP contribution in [0.15, 0.2) is 49.1 Å². The Morgan fingerprint density at radius 3 is 2.38 bits per heavy atom. The fraction of sp³-hybridized carbons (Fsp3) is 0.472. The van der Waals surface area contributed by atoms with Crippen molar-refractivity contribution in [2.45, 2.75) is 58.3 Å². The topological polar surface area (TPSA) is 174 Å². The number of H-pyrrole nitrogens is 1. The molecule has 0 aliphatic carbocycles. The predicted molar refractivity (Wildman–Crippen MR) is 201 cm³/mol. The number of hydrogen-bond acceptors (Lipinski definition) is 10. The van der Waals surface area contributed by atoms with Crippen molar-refractivity contribution in [3.8, 4) is 11.6 Å². The van der Waals surface area contributed by atoms with Gasteiger partial charge in [0.15, 0.2) is 11.6 Å². The van der Waals surface area contributed by atoms with Crippen molar-refractivity contribution < 1.29 is 33.4 Å². The Kier molecular flexibility index (Phi) is 12.6. The maximum absolute atomic E-state index is 13.6. The van der Waals surface area contributed by atoms with Crippen molar-refractivity contribution in [1.29, 1.82) is 0 Å². The standard InChI is InChI=1S/C36H45IN8O7/c1-35(2,12-18-52-36(3,4)11-13-37)41-28(46)22-51-21-27-40-23-45(42-27)32-30-29(26(50-5)20-39-32)25(19-38-30)31(47)34(49)44-16-14-43(15-17-44)33(48)24-9-7-6-8-10-24/h6-10,19-20,23,38H,11-18,21-22H2,1-5H3,(H,41,46). The second-order valence-electron chi connectivity index (χ2n) is 13.7. The zero-order valence-corrected chi connectivity index (χ0v) is 32.3. The third-order valence-corrected chi connectivity index (χ3v) is 9.34. The summed E-state index contributed by atoms with van der Waals surface area (Å²) in [4.78, 5) is 67.4. The number of piperazine rings is 1. The SMILES string of the molecule is COc1cnc(-n2cnc(COCC(=O)NC(C)(C)CCOC(C)(C)CCI)n2)c2[nH]cc(C(=O)C(=O)N3CCN(C(=O)c4ccccc4)CC3)c12. The van der Waals surface area contributed by atoms with Gasteiger partial charge in [-0.1, -0.05) is 40.8 Å². The molecule has 0 radical (unpaired) electrons. The Morgan fingerprint density at radius 1 is 0.981 bits per heavy atom. The van der Waals surface area contributed by atoms with Crippen LogP contribution in [-0.2, 0) is 25.7 Å². The van der Waals surface area contributed by atoms with Crippen LogP contribution in [0.5, 0.6) is 5.75 Å². The van der Waals surface area contributed by atoms with Crippen LogP contribution in [0.3, 0.4) is 0 Å². The van der Waals surface area contributed by atoms with Crippen LogP contribution in [0.2, 0.25) is 0 Å². The third kappa shape index (κ3) is 9.51. The van der Waals surface area contributed by atoms with Crippen molar-refractivity contribution in [3.63, 3.8) is 0 Å². The lowest BCUT2D eigenvalue weighted by atomic mass is 10.0. The van der Waals surface area contributed by atoms with Crippen molar-refractivity contribution in [2.24, 2.45) is 0 Å². The number of rotatable bonds is 16. The molecule has 0 saturated carbocycles. The Hall–Kier alpha value is -4.42. The molecule has 0 spiro atoms. The van der Waals surface area contributed by atoms with Crippen LogP contribution < -0.4 is 10.1 Å². The first-order chi connectivity index (χ1) is 24.8. The summed E-state index contributed by atoms with van der Waals surface area (Å²) in [7, 11) is 1.45. The molecule has 4 aromatic rings. The number of amides is 3. The molecule has 0 atom stereocenters. The van der Waals surface area contributed by atoms with Gasteiger partial charge in [-0.25, -0.2) is 14.6 Å². The molecule has 3 aromatic heterocycles. The number of fused-ring (bicyclic) bond motifs is 1. The molecule has 2 N–H and O–H groups in total. The van der Waals surface area contributed by atoms with Crippen LogP contribution >= 0.6 is 22.6 Å². The first-order valence-corrected chi connectivity index (χ1v) is 18.6. The fourth-order valence-corrected chi connectivity index (χ4v) is 7.10. The van der Waals surface area contributed by atoms with Crippen LogP contribution in [0, 0.1) is 0 Å². The highest BCUT2D eigenvalue weighted by Crippen LogP contribution is 2.32. The average Bonchev–Trinajstić information content (AvgIpc) is 3.78. The smallest absolute Gasteiger partial charge is 0.295 e. The summed E-state index contributed by atoms with van der Waals surface area (Å²) < 4.78 is 19.6. The van der Waals surface area contributed by atoms with E-state index in [0.29, 0.717) is 60.0 Å². The van der Waals surface area contributed by atoms with E-state index in [-0.39, 0.29) is 49.3 Å². The summed E-state index contributed by atoms with van der Waals surface area (Å²) in [5.74, 6) is -0.852. The zero-order valence-electron chi connectivity index (χ0n) is 30.1. The number of ether oxygens (including phenoxy) is 3. The Balaban J connectivity index is 1.18. The quantitative estimate of drug-likeness (QED) is 0.0734. The minimum Gasteiger partial charge on any atom is -0.494 e. The van der Waals surface area contributed by atoms with Gasteiger partial charge in [0.05, 0.1) is 35.4 Å². The molecule has 16 heteroatoms. The number of methoxy groups -OCH3 is 1. The molecule has 3 amide bonds. The van der Waals surface area contributed by atoms with Gasteiger partial charge < -0.3 is 34.3 Å². The molecular weight excluding hydrogens is 783 g/mol. The van der Waals surface area contributed by atoms with Gasteiger partial charge in [-0.3, -0.25) is 19.2 Å². The van der Waals surface area contributed by atoms with Crippen LogP contribution in [0.4, 0.5) is 0 Å². The largest absolute Gasteiger partial charge is 0.494 e. The first kappa shape index (κ1) is 38.8. The normalized spacial score (nSPS) is 13.7. The second kappa shape index (κ2) is 16.9. The molecule has 0 unspecified atom stereocenters. The lowest BCUT2D eigenvalue weighted by molar-refractivity contribution is -0.128. The highest BCUT2D eigenvalue weighted by molar-refractivity contribution is 14.1. The van der Waals surface area contributed by atoms with Gasteiger partial charge >= 0.3 is 0 Å². The summed E-state index contributed by atoms with van der Waals surface area (Å²) >= 11 is 2.34. The van der Waals surface area contributed by atoms with E-state index >= 15 is 0 Å². The maximum Gasteiger partial charge on any atom is 0.295 e. The molecule has 1 saturated heterocycles. The number of nitrogens with zero attached hydrogens (tertiary/aromatic N) is 6. The molecule has 1 aromatic carbocycles. The molecule has 1 aliphatic rings. The van der Waals surface area contributed by atoms with E-state index in [1.807, 2.05) is 19.9 Å². The molecule has 5 rings (SSSR count). The van der Waals surface area contributed by atoms with E-state index in [1.54, 1.807) is 29.2 Å². The molecule has 0 bridgehead atoms. The van der Waals surface area contributed by atoms with Crippen molar-refractivity contribution >= 4 is 57.0 Å². The van der Waals surface area contributed by atoms with E-state index < -0.39 is 17.2 Å². The Morgan fingerprint density at radius 2 is 1.69 bits per heavy atom. The van der Waals surface area contributed by atoms with Gasteiger partial charge in [-0.15, -0.1) is 5.10 Å². The second-order valence-corrected chi connectivity index (χ2v) is 14.8. The molecule has 1 fully saturated rings. The van der Waals surface area contributed by atoms with E-state index in [2.05, 4.69) is 61.8 Å². The minimum atomic E-state index is -0.716. The highest BCUT2D eigenvalue weighted by Gasteiger charge is 2.32. The number of hydrogen-bond donors (Lipinski definition) is 2. The third-order valence-electron chi connectivity index (χ3n) is 8.80. The van der Waals surface area contributed by atoms with Crippen molar-refractivity contribution in [1.82, 2.24) is 39.8 Å². The van der Waals surface area contributed by atoms with Crippen molar-refractivity contribution in [3.05, 3.63) is 66.0 Å². The highest BCUT2D eigenvalue weighted by atomic mass is 127. The summed E-state index contributed by atoms with van der Waals surface area (Å²) in [6.45, 7) is 9.41. The monoisotopic (exact) mass is 828 g/mol. The molecule has 15 nitrogen and oxygen atoms in total. The number of benzene rings is 1. The molecule has 1 aliphatic heterocycles. The molecular formula is C36H45IN8O7. The number of ketones is 1. The number of alkyl halides is 1. The fourth-order valence-electron chi connectivity index (χ4n) is 5.81. The van der Waals surface area contributed by atoms with Gasteiger partial charge in [0, 0.05) is 54.5 Å². The van der Waals surface area contributed by atoms with Gasteiger partial charge in [0.2, 0.25) is 5.91 Å². The number of Topliss-reactive ketones (excluding diaryl/α,β-unsaturated/α-hetero) is 1. The lowest BCUT2D eigenvalue weighted by Crippen LogP contribution is -2.52. The molecule has 4 heterocycles. The van der Waals surface area contributed by atoms with Gasteiger partial charge in [0.1, 0.15) is 25.3 Å². The van der Waals surface area contributed by atoms with Gasteiger partial charge in [0.25, 0.3) is 17.6 Å². The number of carbonyl (C=O) groups excluding carboxylic acids is 4. The predicted octanol–water partition coefficient (Wildman–Crippen LogP) is 3.74. The van der Waals surface area contributed by atoms with E-state index in [4.69, 9.17) is 14.2 Å². The number of carbonyl (C=O) groups is 4. The van der Waals surface area contributed by atoms with Crippen molar-refractivity contribution in [2.75, 3.05) is 50.9 Å².